The number of nitrogens with zero attached hydrogens (tertiary/aromatic N) is 6. The molecule has 2 fully saturated rings. The van der Waals surface area contributed by atoms with Crippen LogP contribution in [0.3, 0.4) is 0 Å². The van der Waals surface area contributed by atoms with Gasteiger partial charge in [0.05, 0.1) is 12.4 Å². The molecule has 0 radical (unpaired) electrons. The van der Waals surface area contributed by atoms with Crippen LogP contribution in [0.5, 0.6) is 0 Å². The molecule has 2 aliphatic rings. The third-order valence-electron chi connectivity index (χ3n) is 5.04. The van der Waals surface area contributed by atoms with Crippen molar-refractivity contribution < 1.29 is 14.5 Å². The highest BCUT2D eigenvalue weighted by molar-refractivity contribution is 5.85. The number of rotatable bonds is 5. The predicted molar refractivity (Wildman–Crippen MR) is 139 cm³/mol. The molecule has 0 saturated carbocycles. The molecule has 0 aromatic carbocycles. The number of hydrogen-bond acceptors (Lipinski definition) is 12. The zero-order valence-corrected chi connectivity index (χ0v) is 19.7. The van der Waals surface area contributed by atoms with Gasteiger partial charge in [0.1, 0.15) is 5.69 Å². The maximum absolute atomic E-state index is 13.8. The van der Waals surface area contributed by atoms with Crippen molar-refractivity contribution in [1.82, 2.24) is 44.5 Å². The molecule has 198 valence electrons. The van der Waals surface area contributed by atoms with Crippen molar-refractivity contribution in [1.29, 1.82) is 0 Å². The van der Waals surface area contributed by atoms with Gasteiger partial charge < -0.3 is 34.4 Å². The molecule has 2 aliphatic heterocycles. The van der Waals surface area contributed by atoms with Crippen LogP contribution in [-0.2, 0) is 0 Å². The van der Waals surface area contributed by atoms with Crippen molar-refractivity contribution in [2.75, 3.05) is 46.8 Å². The van der Waals surface area contributed by atoms with Gasteiger partial charge in [-0.1, -0.05) is 0 Å². The van der Waals surface area contributed by atoms with Gasteiger partial charge in [-0.25, -0.2) is 8.78 Å². The summed E-state index contributed by atoms with van der Waals surface area (Å²) < 4.78 is 27.6. The van der Waals surface area contributed by atoms with Crippen molar-refractivity contribution in [3.05, 3.63) is 24.0 Å². The molecule has 33 heavy (non-hydrogen) atoms. The van der Waals surface area contributed by atoms with E-state index in [1.54, 1.807) is 0 Å². The van der Waals surface area contributed by atoms with Crippen LogP contribution < -0.4 is 45.3 Å². The second-order valence-electron chi connectivity index (χ2n) is 7.08. The predicted octanol–water partition coefficient (Wildman–Crippen LogP) is 5.02. The lowest BCUT2D eigenvalue weighted by Crippen LogP contribution is -2.34. The lowest BCUT2D eigenvalue weighted by Gasteiger charge is -2.30. The zero-order chi connectivity index (χ0) is 19.3. The van der Waals surface area contributed by atoms with E-state index in [1.165, 1.54) is 12.8 Å². The molecular formula is C18H45ClF2N12. The van der Waals surface area contributed by atoms with Gasteiger partial charge in [0.25, 0.3) is 0 Å². The number of nitrogens with one attached hydrogen (secondary N) is 2. The summed E-state index contributed by atoms with van der Waals surface area (Å²) in [4.78, 5) is 21.4. The zero-order valence-electron chi connectivity index (χ0n) is 18.9. The van der Waals surface area contributed by atoms with Crippen molar-refractivity contribution in [2.24, 2.45) is 0 Å². The van der Waals surface area contributed by atoms with Crippen molar-refractivity contribution in [3.63, 3.8) is 0 Å². The van der Waals surface area contributed by atoms with Crippen LogP contribution in [0.1, 0.15) is 44.2 Å². The molecule has 0 bridgehead atoms. The smallest absolute Gasteiger partial charge is 0.248 e. The van der Waals surface area contributed by atoms with Crippen molar-refractivity contribution >= 4 is 35.9 Å². The van der Waals surface area contributed by atoms with E-state index >= 15 is 0 Å². The third-order valence-corrected chi connectivity index (χ3v) is 5.04. The van der Waals surface area contributed by atoms with Crippen LogP contribution in [-0.4, -0.2) is 46.1 Å². The van der Waals surface area contributed by atoms with E-state index in [1.807, 2.05) is 0 Å². The third kappa shape index (κ3) is 8.01. The minimum Gasteiger partial charge on any atom is -0.344 e. The maximum Gasteiger partial charge on any atom is 0.248 e. The molecule has 0 amide bonds. The minimum absolute atomic E-state index is 0. The molecule has 2 saturated heterocycles. The number of hydrazine groups is 1. The number of piperidine rings is 2. The summed E-state index contributed by atoms with van der Waals surface area (Å²) in [5.74, 6) is -0.180. The van der Waals surface area contributed by atoms with E-state index in [4.69, 9.17) is 0 Å². The molecule has 2 aromatic rings. The highest BCUT2D eigenvalue weighted by Crippen LogP contribution is 2.23. The van der Waals surface area contributed by atoms with Crippen molar-refractivity contribution in [3.8, 4) is 0 Å². The average molecular weight is 503 g/mol. The van der Waals surface area contributed by atoms with E-state index in [-0.39, 0.29) is 54.4 Å². The van der Waals surface area contributed by atoms with Gasteiger partial charge in [-0.2, -0.15) is 15.0 Å². The molecule has 4 heterocycles. The number of aromatic nitrogens is 4. The molecule has 0 spiro atoms. The fourth-order valence-corrected chi connectivity index (χ4v) is 3.53. The summed E-state index contributed by atoms with van der Waals surface area (Å²) >= 11 is 0. The summed E-state index contributed by atoms with van der Waals surface area (Å²) in [5, 5.41) is 0. The first kappa shape index (κ1) is 32.5. The van der Waals surface area contributed by atoms with Crippen LogP contribution >= 0.6 is 12.4 Å². The quantitative estimate of drug-likeness (QED) is 0.296. The van der Waals surface area contributed by atoms with Gasteiger partial charge in [-0.15, -0.1) is 12.4 Å². The fraction of sp³-hybridized carbons (Fsp3) is 0.556. The fourth-order valence-electron chi connectivity index (χ4n) is 3.53. The second kappa shape index (κ2) is 15.2. The average Bonchev–Trinajstić information content (AvgIpc) is 2.74. The molecule has 0 unspecified atom stereocenters. The molecule has 15 heteroatoms. The monoisotopic (exact) mass is 502 g/mol. The topological polar surface area (TPSA) is 222 Å². The molecule has 4 rings (SSSR count). The standard InChI is InChI=1S/C18H24F2N8.ClH.4H3N.4H2/c19-13-11-21-12-14(20)15(13)25-26-16-22-17(27-7-3-1-4-8-27)24-18(23-16)28-9-5-2-6-10-28;;;;;;;;;/h11-12H,1-10H2,(H,21,25)(H,22,23,24,26);1H;4*1H3;4*1H. The molecule has 12 nitrogen and oxygen atoms in total. The summed E-state index contributed by atoms with van der Waals surface area (Å²) in [5.41, 5.74) is 4.93. The lowest BCUT2D eigenvalue weighted by molar-refractivity contribution is 0.556. The van der Waals surface area contributed by atoms with Crippen LogP contribution in [0.25, 0.3) is 0 Å². The van der Waals surface area contributed by atoms with E-state index < -0.39 is 11.6 Å². The Labute approximate surface area is 205 Å². The molecule has 14 N–H and O–H groups in total. The SMILES string of the molecule is Cl.Fc1cncc(F)c1NNc1nc(N2CCCCC2)nc(N2CCCCC2)n1.N.N.N.N.[HH].[HH].[HH].[HH]. The highest BCUT2D eigenvalue weighted by Gasteiger charge is 2.20. The normalized spacial score (nSPS) is 14.8. The largest absolute Gasteiger partial charge is 0.344 e. The Morgan fingerprint density at radius 3 is 1.52 bits per heavy atom. The van der Waals surface area contributed by atoms with Gasteiger partial charge in [-0.05, 0) is 38.5 Å². The van der Waals surface area contributed by atoms with Gasteiger partial charge in [-0.3, -0.25) is 15.8 Å². The molecular weight excluding hydrogens is 458 g/mol. The van der Waals surface area contributed by atoms with E-state index in [2.05, 4.69) is 40.6 Å². The number of pyridine rings is 1. The molecule has 2 aromatic heterocycles. The van der Waals surface area contributed by atoms with Gasteiger partial charge >= 0.3 is 0 Å². The second-order valence-corrected chi connectivity index (χ2v) is 7.08. The molecule has 0 atom stereocenters. The first-order chi connectivity index (χ1) is 13.7. The Kier molecular flexibility index (Phi) is 15.0. The summed E-state index contributed by atoms with van der Waals surface area (Å²) in [7, 11) is 0. The van der Waals surface area contributed by atoms with Gasteiger partial charge in [0.2, 0.25) is 17.8 Å². The van der Waals surface area contributed by atoms with Crippen LogP contribution in [0, 0.1) is 11.6 Å². The Balaban J connectivity index is -0.000000267. The summed E-state index contributed by atoms with van der Waals surface area (Å²) in [6.07, 6.45) is 8.68. The Morgan fingerprint density at radius 2 is 1.09 bits per heavy atom. The van der Waals surface area contributed by atoms with Gasteiger partial charge in [0, 0.05) is 31.9 Å². The summed E-state index contributed by atoms with van der Waals surface area (Å²) in [6.45, 7) is 3.57. The number of hydrogen-bond donors (Lipinski definition) is 6. The minimum atomic E-state index is -0.797. The van der Waals surface area contributed by atoms with Crippen LogP contribution in [0.2, 0.25) is 0 Å². The maximum atomic E-state index is 13.8. The number of anilines is 4. The highest BCUT2D eigenvalue weighted by atomic mass is 35.5. The van der Waals surface area contributed by atoms with Gasteiger partial charge in [0.15, 0.2) is 11.6 Å². The van der Waals surface area contributed by atoms with Crippen LogP contribution in [0.15, 0.2) is 12.4 Å². The Morgan fingerprint density at radius 1 is 0.667 bits per heavy atom. The first-order valence-corrected chi connectivity index (χ1v) is 9.78. The Bertz CT molecular complexity index is 781. The number of halogens is 3. The van der Waals surface area contributed by atoms with E-state index in [0.29, 0.717) is 11.9 Å². The Hall–Kier alpha value is -2.65. The summed E-state index contributed by atoms with van der Waals surface area (Å²) in [6, 6.07) is 0. The first-order valence-electron chi connectivity index (χ1n) is 9.78. The van der Waals surface area contributed by atoms with Crippen molar-refractivity contribution in [2.45, 2.75) is 38.5 Å². The van der Waals surface area contributed by atoms with E-state index in [9.17, 15) is 8.78 Å². The lowest BCUT2D eigenvalue weighted by atomic mass is 10.1. The van der Waals surface area contributed by atoms with Crippen LogP contribution in [0.4, 0.5) is 32.3 Å². The van der Waals surface area contributed by atoms with E-state index in [0.717, 1.165) is 64.3 Å². The molecule has 0 aliphatic carbocycles.